The molecule has 0 aliphatic heterocycles. The molecule has 0 aromatic heterocycles. The zero-order chi connectivity index (χ0) is 17.4. The van der Waals surface area contributed by atoms with Gasteiger partial charge >= 0.3 is 12.1 Å². The molecule has 2 aromatic carbocycles. The molecule has 6 heteroatoms. The molecule has 0 heterocycles. The summed E-state index contributed by atoms with van der Waals surface area (Å²) in [5.74, 6) is 0.434. The van der Waals surface area contributed by atoms with Crippen molar-refractivity contribution in [1.82, 2.24) is 0 Å². The molecule has 0 saturated heterocycles. The van der Waals surface area contributed by atoms with Gasteiger partial charge in [0.2, 0.25) is 0 Å². The van der Waals surface area contributed by atoms with Gasteiger partial charge in [-0.3, -0.25) is 0 Å². The molecule has 2 rings (SSSR count). The summed E-state index contributed by atoms with van der Waals surface area (Å²) < 4.78 is 14.8. The Bertz CT molecular complexity index is 703. The lowest BCUT2D eigenvalue weighted by atomic mass is 10.1. The SMILES string of the molecule is C=CC(=O)OCCOc1ccc(-c2ccc(OC(=O)O)cc2)cc1. The summed E-state index contributed by atoms with van der Waals surface area (Å²) in [5.41, 5.74) is 1.86. The number of esters is 1. The third kappa shape index (κ3) is 5.17. The largest absolute Gasteiger partial charge is 0.511 e. The molecule has 0 radical (unpaired) electrons. The molecule has 0 amide bonds. The molecule has 0 bridgehead atoms. The monoisotopic (exact) mass is 328 g/mol. The minimum absolute atomic E-state index is 0.150. The van der Waals surface area contributed by atoms with Crippen molar-refractivity contribution in [3.05, 3.63) is 61.2 Å². The van der Waals surface area contributed by atoms with Crippen LogP contribution in [0.4, 0.5) is 4.79 Å². The highest BCUT2D eigenvalue weighted by molar-refractivity contribution is 5.81. The summed E-state index contributed by atoms with van der Waals surface area (Å²) in [7, 11) is 0. The maximum Gasteiger partial charge on any atom is 0.511 e. The number of ether oxygens (including phenoxy) is 3. The van der Waals surface area contributed by atoms with Crippen LogP contribution in [0.15, 0.2) is 61.2 Å². The number of carbonyl (C=O) groups excluding carboxylic acids is 1. The Morgan fingerprint density at radius 2 is 1.46 bits per heavy atom. The summed E-state index contributed by atoms with van der Waals surface area (Å²) in [6, 6.07) is 14.0. The van der Waals surface area contributed by atoms with Gasteiger partial charge in [0.05, 0.1) is 0 Å². The molecule has 0 unspecified atom stereocenters. The lowest BCUT2D eigenvalue weighted by Gasteiger charge is -2.08. The van der Waals surface area contributed by atoms with Gasteiger partial charge in [-0.05, 0) is 35.4 Å². The lowest BCUT2D eigenvalue weighted by molar-refractivity contribution is -0.138. The molecule has 0 fully saturated rings. The Kier molecular flexibility index (Phi) is 5.96. The quantitative estimate of drug-likeness (QED) is 0.362. The summed E-state index contributed by atoms with van der Waals surface area (Å²) in [6.45, 7) is 3.70. The summed E-state index contributed by atoms with van der Waals surface area (Å²) in [5, 5.41) is 8.55. The van der Waals surface area contributed by atoms with Gasteiger partial charge in [0.15, 0.2) is 0 Å². The van der Waals surface area contributed by atoms with E-state index in [4.69, 9.17) is 14.6 Å². The molecule has 24 heavy (non-hydrogen) atoms. The Labute approximate surface area is 138 Å². The molecule has 124 valence electrons. The standard InChI is InChI=1S/C18H16O6/c1-2-17(19)23-12-11-22-15-7-3-13(4-8-15)14-5-9-16(10-6-14)24-18(20)21/h2-10H,1,11-12H2,(H,20,21). The van der Waals surface area contributed by atoms with E-state index in [0.717, 1.165) is 17.2 Å². The van der Waals surface area contributed by atoms with Gasteiger partial charge in [0, 0.05) is 6.08 Å². The van der Waals surface area contributed by atoms with Crippen molar-refractivity contribution in [2.24, 2.45) is 0 Å². The number of hydrogen-bond donors (Lipinski definition) is 1. The summed E-state index contributed by atoms with van der Waals surface area (Å²) in [4.78, 5) is 21.3. The van der Waals surface area contributed by atoms with E-state index in [1.165, 1.54) is 0 Å². The number of rotatable bonds is 7. The van der Waals surface area contributed by atoms with Crippen molar-refractivity contribution in [2.75, 3.05) is 13.2 Å². The van der Waals surface area contributed by atoms with Gasteiger partial charge in [-0.15, -0.1) is 0 Å². The van der Waals surface area contributed by atoms with Gasteiger partial charge in [-0.1, -0.05) is 30.8 Å². The third-order valence-electron chi connectivity index (χ3n) is 3.01. The van der Waals surface area contributed by atoms with E-state index in [1.807, 2.05) is 12.1 Å². The second-order valence-electron chi connectivity index (χ2n) is 4.64. The van der Waals surface area contributed by atoms with Crippen LogP contribution in [0.2, 0.25) is 0 Å². The molecule has 0 atom stereocenters. The first-order chi connectivity index (χ1) is 11.6. The van der Waals surface area contributed by atoms with Crippen LogP contribution < -0.4 is 9.47 Å². The molecule has 0 aliphatic rings. The van der Waals surface area contributed by atoms with E-state index in [1.54, 1.807) is 36.4 Å². The van der Waals surface area contributed by atoms with Gasteiger partial charge in [-0.2, -0.15) is 0 Å². The Balaban J connectivity index is 1.90. The van der Waals surface area contributed by atoms with E-state index < -0.39 is 12.1 Å². The molecular weight excluding hydrogens is 312 g/mol. The molecule has 2 aromatic rings. The predicted molar refractivity (Wildman–Crippen MR) is 87.2 cm³/mol. The summed E-state index contributed by atoms with van der Waals surface area (Å²) in [6.07, 6.45) is -0.246. The summed E-state index contributed by atoms with van der Waals surface area (Å²) >= 11 is 0. The van der Waals surface area contributed by atoms with Crippen molar-refractivity contribution in [2.45, 2.75) is 0 Å². The molecular formula is C18H16O6. The van der Waals surface area contributed by atoms with E-state index in [0.29, 0.717) is 5.75 Å². The van der Waals surface area contributed by atoms with Crippen molar-refractivity contribution in [3.8, 4) is 22.6 Å². The van der Waals surface area contributed by atoms with Gasteiger partial charge in [0.25, 0.3) is 0 Å². The van der Waals surface area contributed by atoms with Crippen molar-refractivity contribution in [1.29, 1.82) is 0 Å². The first-order valence-electron chi connectivity index (χ1n) is 7.12. The second kappa shape index (κ2) is 8.38. The van der Waals surface area contributed by atoms with Crippen LogP contribution in [0, 0.1) is 0 Å². The minimum Gasteiger partial charge on any atom is -0.490 e. The van der Waals surface area contributed by atoms with Gasteiger partial charge in [-0.25, -0.2) is 9.59 Å². The van der Waals surface area contributed by atoms with Gasteiger partial charge < -0.3 is 19.3 Å². The molecule has 6 nitrogen and oxygen atoms in total. The maximum atomic E-state index is 10.9. The van der Waals surface area contributed by atoms with Crippen LogP contribution in [-0.2, 0) is 9.53 Å². The minimum atomic E-state index is -1.34. The fourth-order valence-corrected chi connectivity index (χ4v) is 1.92. The number of carboxylic acid groups (broad SMARTS) is 1. The maximum absolute atomic E-state index is 10.9. The van der Waals surface area contributed by atoms with Crippen LogP contribution in [-0.4, -0.2) is 30.4 Å². The van der Waals surface area contributed by atoms with E-state index in [9.17, 15) is 9.59 Å². The fraction of sp³-hybridized carbons (Fsp3) is 0.111. The molecule has 1 N–H and O–H groups in total. The normalized spacial score (nSPS) is 9.83. The predicted octanol–water partition coefficient (Wildman–Crippen LogP) is 3.52. The van der Waals surface area contributed by atoms with Crippen molar-refractivity contribution in [3.63, 3.8) is 0 Å². The van der Waals surface area contributed by atoms with Crippen LogP contribution in [0.3, 0.4) is 0 Å². The average Bonchev–Trinajstić information content (AvgIpc) is 2.59. The zero-order valence-electron chi connectivity index (χ0n) is 12.8. The number of carbonyl (C=O) groups is 2. The zero-order valence-corrected chi connectivity index (χ0v) is 12.8. The van der Waals surface area contributed by atoms with Gasteiger partial charge in [0.1, 0.15) is 24.7 Å². The number of hydrogen-bond acceptors (Lipinski definition) is 5. The van der Waals surface area contributed by atoms with Crippen molar-refractivity contribution < 1.29 is 28.9 Å². The highest BCUT2D eigenvalue weighted by Crippen LogP contribution is 2.24. The number of benzene rings is 2. The van der Waals surface area contributed by atoms with E-state index in [-0.39, 0.29) is 19.0 Å². The van der Waals surface area contributed by atoms with Crippen LogP contribution in [0.25, 0.3) is 11.1 Å². The Morgan fingerprint density at radius 1 is 0.917 bits per heavy atom. The average molecular weight is 328 g/mol. The fourth-order valence-electron chi connectivity index (χ4n) is 1.92. The molecule has 0 saturated carbocycles. The third-order valence-corrected chi connectivity index (χ3v) is 3.01. The lowest BCUT2D eigenvalue weighted by Crippen LogP contribution is -2.10. The first-order valence-corrected chi connectivity index (χ1v) is 7.12. The van der Waals surface area contributed by atoms with E-state index in [2.05, 4.69) is 11.3 Å². The molecule has 0 spiro atoms. The highest BCUT2D eigenvalue weighted by Gasteiger charge is 2.03. The molecule has 0 aliphatic carbocycles. The van der Waals surface area contributed by atoms with Crippen LogP contribution in [0.1, 0.15) is 0 Å². The topological polar surface area (TPSA) is 82.1 Å². The highest BCUT2D eigenvalue weighted by atomic mass is 16.7. The van der Waals surface area contributed by atoms with Crippen LogP contribution >= 0.6 is 0 Å². The second-order valence-corrected chi connectivity index (χ2v) is 4.64. The van der Waals surface area contributed by atoms with E-state index >= 15 is 0 Å². The Hall–Kier alpha value is -3.28. The van der Waals surface area contributed by atoms with Crippen LogP contribution in [0.5, 0.6) is 11.5 Å². The smallest absolute Gasteiger partial charge is 0.490 e. The first kappa shape index (κ1) is 17.1. The Morgan fingerprint density at radius 3 is 1.96 bits per heavy atom. The van der Waals surface area contributed by atoms with Crippen molar-refractivity contribution >= 4 is 12.1 Å².